The van der Waals surface area contributed by atoms with Crippen LogP contribution in [0.5, 0.6) is 5.75 Å². The van der Waals surface area contributed by atoms with Gasteiger partial charge in [-0.25, -0.2) is 4.79 Å². The summed E-state index contributed by atoms with van der Waals surface area (Å²) in [5, 5.41) is 1.16. The molecule has 2 aromatic carbocycles. The Morgan fingerprint density at radius 3 is 2.31 bits per heavy atom. The number of carbonyl (C=O) groups is 3. The fourth-order valence-corrected chi connectivity index (χ4v) is 2.87. The lowest BCUT2D eigenvalue weighted by Gasteiger charge is -2.15. The van der Waals surface area contributed by atoms with Crippen molar-refractivity contribution in [3.05, 3.63) is 71.4 Å². The molecule has 7 nitrogen and oxygen atoms in total. The summed E-state index contributed by atoms with van der Waals surface area (Å²) in [6.07, 6.45) is 1.53. The van der Waals surface area contributed by atoms with E-state index < -0.39 is 17.8 Å². The van der Waals surface area contributed by atoms with Gasteiger partial charge in [-0.05, 0) is 30.3 Å². The van der Waals surface area contributed by atoms with E-state index >= 15 is 0 Å². The molecule has 0 fully saturated rings. The number of pyridine rings is 1. The number of hydroxylamine groups is 2. The quantitative estimate of drug-likeness (QED) is 0.676. The maximum Gasteiger partial charge on any atom is 0.369 e. The number of benzene rings is 2. The SMILES string of the molecule is COc1ccc2cccnc2c1C(=O)ON1C(=O)c2ccccc2C1=O. The summed E-state index contributed by atoms with van der Waals surface area (Å²) in [6, 6.07) is 13.1. The van der Waals surface area contributed by atoms with Gasteiger partial charge in [-0.15, -0.1) is 0 Å². The van der Waals surface area contributed by atoms with Crippen LogP contribution in [-0.4, -0.2) is 34.9 Å². The van der Waals surface area contributed by atoms with Crippen LogP contribution in [0, 0.1) is 0 Å². The Morgan fingerprint density at radius 1 is 0.962 bits per heavy atom. The van der Waals surface area contributed by atoms with Gasteiger partial charge in [-0.1, -0.05) is 23.3 Å². The van der Waals surface area contributed by atoms with Crippen molar-refractivity contribution < 1.29 is 24.0 Å². The van der Waals surface area contributed by atoms with Crippen molar-refractivity contribution in [1.29, 1.82) is 0 Å². The van der Waals surface area contributed by atoms with E-state index in [9.17, 15) is 14.4 Å². The zero-order valence-electron chi connectivity index (χ0n) is 13.6. The number of methoxy groups -OCH3 is 1. The Hall–Kier alpha value is -3.74. The third-order valence-electron chi connectivity index (χ3n) is 4.09. The van der Waals surface area contributed by atoms with E-state index in [4.69, 9.17) is 9.57 Å². The van der Waals surface area contributed by atoms with Crippen LogP contribution in [0.1, 0.15) is 31.1 Å². The van der Waals surface area contributed by atoms with Crippen molar-refractivity contribution in [2.45, 2.75) is 0 Å². The van der Waals surface area contributed by atoms with Crippen molar-refractivity contribution in [3.8, 4) is 5.75 Å². The minimum absolute atomic E-state index is 0.0437. The highest BCUT2D eigenvalue weighted by Gasteiger charge is 2.39. The average Bonchev–Trinajstić information content (AvgIpc) is 2.92. The molecular weight excluding hydrogens is 336 g/mol. The summed E-state index contributed by atoms with van der Waals surface area (Å²) in [7, 11) is 1.41. The van der Waals surface area contributed by atoms with Crippen molar-refractivity contribution in [3.63, 3.8) is 0 Å². The van der Waals surface area contributed by atoms with Gasteiger partial charge in [0, 0.05) is 11.6 Å². The molecule has 4 rings (SSSR count). The molecule has 0 aliphatic carbocycles. The number of rotatable bonds is 3. The molecular formula is C19H12N2O5. The van der Waals surface area contributed by atoms with Gasteiger partial charge in [-0.2, -0.15) is 0 Å². The van der Waals surface area contributed by atoms with Gasteiger partial charge < -0.3 is 9.57 Å². The molecule has 2 amide bonds. The number of hydrogen-bond donors (Lipinski definition) is 0. The standard InChI is InChI=1S/C19H12N2O5/c1-25-14-9-8-11-5-4-10-20-16(11)15(14)19(24)26-21-17(22)12-6-2-3-7-13(12)18(21)23/h2-10H,1H3. The first-order valence-corrected chi connectivity index (χ1v) is 7.73. The fraction of sp³-hybridized carbons (Fsp3) is 0.0526. The molecule has 7 heteroatoms. The van der Waals surface area contributed by atoms with Crippen LogP contribution in [0.2, 0.25) is 0 Å². The molecule has 1 aliphatic rings. The van der Waals surface area contributed by atoms with E-state index in [0.717, 1.165) is 0 Å². The molecule has 3 aromatic rings. The van der Waals surface area contributed by atoms with E-state index in [-0.39, 0.29) is 22.4 Å². The summed E-state index contributed by atoms with van der Waals surface area (Å²) in [5.74, 6) is -2.05. The number of nitrogens with zero attached hydrogens (tertiary/aromatic N) is 2. The van der Waals surface area contributed by atoms with Gasteiger partial charge in [-0.3, -0.25) is 14.6 Å². The van der Waals surface area contributed by atoms with Crippen LogP contribution >= 0.6 is 0 Å². The third-order valence-corrected chi connectivity index (χ3v) is 4.09. The monoisotopic (exact) mass is 348 g/mol. The van der Waals surface area contributed by atoms with Crippen LogP contribution in [-0.2, 0) is 4.84 Å². The van der Waals surface area contributed by atoms with E-state index in [1.807, 2.05) is 0 Å². The summed E-state index contributed by atoms with van der Waals surface area (Å²) in [6.45, 7) is 0. The largest absolute Gasteiger partial charge is 0.496 e. The van der Waals surface area contributed by atoms with Gasteiger partial charge in [0.05, 0.1) is 23.8 Å². The molecule has 26 heavy (non-hydrogen) atoms. The Labute approximate surface area is 147 Å². The van der Waals surface area contributed by atoms with Crippen LogP contribution in [0.4, 0.5) is 0 Å². The molecule has 0 spiro atoms. The molecule has 1 aromatic heterocycles. The molecule has 128 valence electrons. The lowest BCUT2D eigenvalue weighted by atomic mass is 10.1. The van der Waals surface area contributed by atoms with Crippen LogP contribution in [0.3, 0.4) is 0 Å². The predicted molar refractivity (Wildman–Crippen MR) is 90.7 cm³/mol. The van der Waals surface area contributed by atoms with Crippen LogP contribution < -0.4 is 4.74 Å². The van der Waals surface area contributed by atoms with Gasteiger partial charge in [0.2, 0.25) is 0 Å². The number of ether oxygens (including phenoxy) is 1. The Kier molecular flexibility index (Phi) is 3.62. The van der Waals surface area contributed by atoms with E-state index in [2.05, 4.69) is 4.98 Å². The number of amides is 2. The second-order valence-corrected chi connectivity index (χ2v) is 5.55. The number of imide groups is 1. The van der Waals surface area contributed by atoms with E-state index in [1.54, 1.807) is 36.4 Å². The Bertz CT molecular complexity index is 1040. The zero-order valence-corrected chi connectivity index (χ0v) is 13.6. The van der Waals surface area contributed by atoms with Crippen LogP contribution in [0.25, 0.3) is 10.9 Å². The van der Waals surface area contributed by atoms with Gasteiger partial charge in [0.25, 0.3) is 11.8 Å². The third kappa shape index (κ3) is 2.29. The molecule has 0 N–H and O–H groups in total. The van der Waals surface area contributed by atoms with Crippen molar-refractivity contribution in [2.75, 3.05) is 7.11 Å². The topological polar surface area (TPSA) is 85.8 Å². The van der Waals surface area contributed by atoms with E-state index in [0.29, 0.717) is 16.0 Å². The summed E-state index contributed by atoms with van der Waals surface area (Å²) in [5.41, 5.74) is 0.775. The number of fused-ring (bicyclic) bond motifs is 2. The number of aromatic nitrogens is 1. The first-order valence-electron chi connectivity index (χ1n) is 7.73. The summed E-state index contributed by atoms with van der Waals surface area (Å²) in [4.78, 5) is 46.8. The number of hydrogen-bond acceptors (Lipinski definition) is 6. The molecule has 1 aliphatic heterocycles. The molecule has 2 heterocycles. The molecule has 0 unspecified atom stereocenters. The molecule has 0 saturated carbocycles. The van der Waals surface area contributed by atoms with E-state index in [1.165, 1.54) is 25.4 Å². The van der Waals surface area contributed by atoms with Crippen LogP contribution in [0.15, 0.2) is 54.7 Å². The van der Waals surface area contributed by atoms with Crippen molar-refractivity contribution in [1.82, 2.24) is 10.0 Å². The van der Waals surface area contributed by atoms with Crippen molar-refractivity contribution >= 4 is 28.7 Å². The highest BCUT2D eigenvalue weighted by Crippen LogP contribution is 2.29. The van der Waals surface area contributed by atoms with Gasteiger partial charge >= 0.3 is 5.97 Å². The molecule has 0 radical (unpaired) electrons. The highest BCUT2D eigenvalue weighted by molar-refractivity contribution is 6.21. The minimum atomic E-state index is -0.902. The predicted octanol–water partition coefficient (Wildman–Crippen LogP) is 2.61. The smallest absolute Gasteiger partial charge is 0.369 e. The lowest BCUT2D eigenvalue weighted by Crippen LogP contribution is -2.32. The Balaban J connectivity index is 1.73. The molecule has 0 bridgehead atoms. The molecule has 0 atom stereocenters. The molecule has 0 saturated heterocycles. The first-order chi connectivity index (χ1) is 12.6. The van der Waals surface area contributed by atoms with Gasteiger partial charge in [0.15, 0.2) is 0 Å². The summed E-state index contributed by atoms with van der Waals surface area (Å²) < 4.78 is 5.23. The second kappa shape index (κ2) is 5.96. The zero-order chi connectivity index (χ0) is 18.3. The highest BCUT2D eigenvalue weighted by atomic mass is 16.7. The van der Waals surface area contributed by atoms with Crippen molar-refractivity contribution in [2.24, 2.45) is 0 Å². The maximum absolute atomic E-state index is 12.7. The first kappa shape index (κ1) is 15.8. The normalized spacial score (nSPS) is 13.0. The Morgan fingerprint density at radius 2 is 1.65 bits per heavy atom. The average molecular weight is 348 g/mol. The lowest BCUT2D eigenvalue weighted by molar-refractivity contribution is -0.0585. The minimum Gasteiger partial charge on any atom is -0.496 e. The fourth-order valence-electron chi connectivity index (χ4n) is 2.87. The second-order valence-electron chi connectivity index (χ2n) is 5.55. The maximum atomic E-state index is 12.7. The summed E-state index contributed by atoms with van der Waals surface area (Å²) >= 11 is 0. The number of carbonyl (C=O) groups excluding carboxylic acids is 3. The van der Waals surface area contributed by atoms with Gasteiger partial charge in [0.1, 0.15) is 11.3 Å².